The number of fused-ring (bicyclic) bond motifs is 1. The van der Waals surface area contributed by atoms with Gasteiger partial charge in [0.15, 0.2) is 0 Å². The van der Waals surface area contributed by atoms with E-state index >= 15 is 0 Å². The molecule has 0 spiro atoms. The van der Waals surface area contributed by atoms with Crippen molar-refractivity contribution in [3.63, 3.8) is 0 Å². The Balaban J connectivity index is 2.17. The molecule has 1 heterocycles. The highest BCUT2D eigenvalue weighted by atomic mass is 16.5. The highest BCUT2D eigenvalue weighted by molar-refractivity contribution is 5.30. The van der Waals surface area contributed by atoms with Crippen LogP contribution in [0.5, 0.6) is 0 Å². The van der Waals surface area contributed by atoms with Crippen molar-refractivity contribution in [3.05, 3.63) is 29.6 Å². The third-order valence-electron chi connectivity index (χ3n) is 3.52. The lowest BCUT2D eigenvalue weighted by Crippen LogP contribution is -2.33. The number of hydrogen-bond acceptors (Lipinski definition) is 3. The minimum absolute atomic E-state index is 0.152. The Bertz CT molecular complexity index is 363. The maximum Gasteiger partial charge on any atom is 0.0725 e. The average Bonchev–Trinajstić information content (AvgIpc) is 2.71. The first kappa shape index (κ1) is 11.6. The van der Waals surface area contributed by atoms with Crippen LogP contribution in [0.4, 0.5) is 0 Å². The summed E-state index contributed by atoms with van der Waals surface area (Å²) in [6, 6.07) is 4.07. The van der Waals surface area contributed by atoms with Crippen LogP contribution in [0.3, 0.4) is 0 Å². The van der Waals surface area contributed by atoms with Gasteiger partial charge in [-0.2, -0.15) is 0 Å². The van der Waals surface area contributed by atoms with E-state index in [4.69, 9.17) is 4.74 Å². The van der Waals surface area contributed by atoms with Gasteiger partial charge in [0.05, 0.1) is 5.60 Å². The molecule has 0 saturated carbocycles. The Labute approximate surface area is 96.5 Å². The zero-order chi connectivity index (χ0) is 11.6. The maximum atomic E-state index is 10.5. The molecule has 0 amide bonds. The van der Waals surface area contributed by atoms with Gasteiger partial charge in [-0.05, 0) is 37.8 Å². The van der Waals surface area contributed by atoms with Crippen molar-refractivity contribution in [2.45, 2.75) is 37.7 Å². The summed E-state index contributed by atoms with van der Waals surface area (Å²) in [4.78, 5) is 4.41. The molecule has 0 saturated heterocycles. The van der Waals surface area contributed by atoms with Crippen molar-refractivity contribution in [3.8, 4) is 0 Å². The van der Waals surface area contributed by atoms with E-state index in [2.05, 4.69) is 11.1 Å². The highest BCUT2D eigenvalue weighted by Gasteiger charge is 2.38. The van der Waals surface area contributed by atoms with Gasteiger partial charge >= 0.3 is 0 Å². The van der Waals surface area contributed by atoms with Gasteiger partial charge in [0.25, 0.3) is 0 Å². The van der Waals surface area contributed by atoms with Crippen molar-refractivity contribution < 1.29 is 9.84 Å². The van der Waals surface area contributed by atoms with E-state index in [1.54, 1.807) is 7.11 Å². The molecule has 0 bridgehead atoms. The van der Waals surface area contributed by atoms with Crippen LogP contribution in [-0.2, 0) is 11.2 Å². The van der Waals surface area contributed by atoms with Crippen molar-refractivity contribution in [2.24, 2.45) is 0 Å². The summed E-state index contributed by atoms with van der Waals surface area (Å²) in [5.41, 5.74) is 1.64. The maximum absolute atomic E-state index is 10.5. The molecule has 2 atom stereocenters. The number of rotatable bonds is 4. The fourth-order valence-corrected chi connectivity index (χ4v) is 2.50. The second kappa shape index (κ2) is 4.52. The van der Waals surface area contributed by atoms with Gasteiger partial charge in [-0.3, -0.25) is 4.98 Å². The molecular weight excluding hydrogens is 202 g/mol. The number of aromatic nitrogens is 1. The quantitative estimate of drug-likeness (QED) is 0.844. The summed E-state index contributed by atoms with van der Waals surface area (Å²) in [5.74, 6) is 0.152. The molecule has 16 heavy (non-hydrogen) atoms. The summed E-state index contributed by atoms with van der Waals surface area (Å²) < 4.78 is 5.04. The Hall–Kier alpha value is -0.930. The molecule has 2 rings (SSSR count). The Kier molecular flexibility index (Phi) is 3.26. The van der Waals surface area contributed by atoms with Gasteiger partial charge < -0.3 is 9.84 Å². The fraction of sp³-hybridized carbons (Fsp3) is 0.615. The molecule has 1 N–H and O–H groups in total. The van der Waals surface area contributed by atoms with Gasteiger partial charge in [0.1, 0.15) is 0 Å². The zero-order valence-electron chi connectivity index (χ0n) is 9.94. The van der Waals surface area contributed by atoms with Crippen LogP contribution in [-0.4, -0.2) is 29.4 Å². The third kappa shape index (κ3) is 2.11. The van der Waals surface area contributed by atoms with Gasteiger partial charge in [-0.1, -0.05) is 6.07 Å². The predicted octanol–water partition coefficient (Wildman–Crippen LogP) is 1.90. The van der Waals surface area contributed by atoms with Crippen molar-refractivity contribution in [2.75, 3.05) is 13.7 Å². The van der Waals surface area contributed by atoms with Gasteiger partial charge in [0, 0.05) is 31.5 Å². The molecule has 3 nitrogen and oxygen atoms in total. The molecule has 0 aliphatic heterocycles. The van der Waals surface area contributed by atoms with Gasteiger partial charge in [0.2, 0.25) is 0 Å². The van der Waals surface area contributed by atoms with E-state index in [0.717, 1.165) is 18.5 Å². The van der Waals surface area contributed by atoms with Crippen LogP contribution >= 0.6 is 0 Å². The van der Waals surface area contributed by atoms with Gasteiger partial charge in [-0.25, -0.2) is 0 Å². The minimum atomic E-state index is -0.713. The van der Waals surface area contributed by atoms with Gasteiger partial charge in [-0.15, -0.1) is 0 Å². The van der Waals surface area contributed by atoms with Crippen LogP contribution in [0.2, 0.25) is 0 Å². The topological polar surface area (TPSA) is 42.4 Å². The zero-order valence-corrected chi connectivity index (χ0v) is 9.94. The SMILES string of the molecule is COCCC(C)(O)C1CCc2cccnc21. The van der Waals surface area contributed by atoms with E-state index in [0.29, 0.717) is 13.0 Å². The first-order chi connectivity index (χ1) is 7.65. The second-order valence-corrected chi connectivity index (χ2v) is 4.74. The first-order valence-electron chi connectivity index (χ1n) is 5.80. The smallest absolute Gasteiger partial charge is 0.0725 e. The number of methoxy groups -OCH3 is 1. The molecule has 1 aromatic rings. The first-order valence-corrected chi connectivity index (χ1v) is 5.80. The van der Waals surface area contributed by atoms with E-state index in [1.165, 1.54) is 5.56 Å². The molecule has 0 aromatic carbocycles. The van der Waals surface area contributed by atoms with E-state index in [-0.39, 0.29) is 5.92 Å². The molecule has 0 radical (unpaired) electrons. The Morgan fingerprint density at radius 2 is 2.44 bits per heavy atom. The van der Waals surface area contributed by atoms with Crippen molar-refractivity contribution in [1.82, 2.24) is 4.98 Å². The fourth-order valence-electron chi connectivity index (χ4n) is 2.50. The number of nitrogens with zero attached hydrogens (tertiary/aromatic N) is 1. The molecule has 3 heteroatoms. The lowest BCUT2D eigenvalue weighted by Gasteiger charge is -2.29. The molecule has 1 aliphatic carbocycles. The Morgan fingerprint density at radius 3 is 3.19 bits per heavy atom. The molecule has 1 aliphatic rings. The predicted molar refractivity (Wildman–Crippen MR) is 62.4 cm³/mol. The molecule has 88 valence electrons. The van der Waals surface area contributed by atoms with E-state index in [1.807, 2.05) is 19.2 Å². The number of pyridine rings is 1. The summed E-state index contributed by atoms with van der Waals surface area (Å²) in [6.07, 6.45) is 4.48. The molecule has 1 aromatic heterocycles. The number of aliphatic hydroxyl groups is 1. The second-order valence-electron chi connectivity index (χ2n) is 4.74. The lowest BCUT2D eigenvalue weighted by molar-refractivity contribution is -0.000111. The van der Waals surface area contributed by atoms with Crippen LogP contribution in [0.25, 0.3) is 0 Å². The van der Waals surface area contributed by atoms with Crippen LogP contribution in [0.1, 0.15) is 36.9 Å². The summed E-state index contributed by atoms with van der Waals surface area (Å²) in [6.45, 7) is 2.48. The normalized spacial score (nSPS) is 22.8. The minimum Gasteiger partial charge on any atom is -0.389 e. The highest BCUT2D eigenvalue weighted by Crippen LogP contribution is 2.40. The number of ether oxygens (including phenoxy) is 1. The van der Waals surface area contributed by atoms with Crippen LogP contribution < -0.4 is 0 Å². The standard InChI is InChI=1S/C13H19NO2/c1-13(15,7-9-16-2)11-6-5-10-4-3-8-14-12(10)11/h3-4,8,11,15H,5-7,9H2,1-2H3. The summed E-state index contributed by atoms with van der Waals surface area (Å²) in [7, 11) is 1.66. The van der Waals surface area contributed by atoms with E-state index < -0.39 is 5.60 Å². The van der Waals surface area contributed by atoms with Crippen molar-refractivity contribution >= 4 is 0 Å². The monoisotopic (exact) mass is 221 g/mol. The van der Waals surface area contributed by atoms with Crippen molar-refractivity contribution in [1.29, 1.82) is 0 Å². The molecule has 2 unspecified atom stereocenters. The summed E-state index contributed by atoms with van der Waals surface area (Å²) >= 11 is 0. The number of aryl methyl sites for hydroxylation is 1. The van der Waals surface area contributed by atoms with Crippen LogP contribution in [0.15, 0.2) is 18.3 Å². The average molecular weight is 221 g/mol. The van der Waals surface area contributed by atoms with Crippen LogP contribution in [0, 0.1) is 0 Å². The molecular formula is C13H19NO2. The summed E-state index contributed by atoms with van der Waals surface area (Å²) in [5, 5.41) is 10.5. The third-order valence-corrected chi connectivity index (χ3v) is 3.52. The largest absolute Gasteiger partial charge is 0.389 e. The molecule has 0 fully saturated rings. The van der Waals surface area contributed by atoms with E-state index in [9.17, 15) is 5.11 Å². The Morgan fingerprint density at radius 1 is 1.62 bits per heavy atom. The lowest BCUT2D eigenvalue weighted by atomic mass is 9.84. The number of hydrogen-bond donors (Lipinski definition) is 1.